The van der Waals surface area contributed by atoms with Crippen molar-refractivity contribution in [2.75, 3.05) is 11.9 Å². The molecule has 0 radical (unpaired) electrons. The van der Waals surface area contributed by atoms with E-state index in [0.29, 0.717) is 0 Å². The first kappa shape index (κ1) is 12.3. The van der Waals surface area contributed by atoms with E-state index in [-0.39, 0.29) is 0 Å². The maximum atomic E-state index is 4.54. The van der Waals surface area contributed by atoms with Crippen LogP contribution in [0.15, 0.2) is 24.3 Å². The third-order valence-corrected chi connectivity index (χ3v) is 3.95. The van der Waals surface area contributed by atoms with Gasteiger partial charge in [0.05, 0.1) is 5.69 Å². The number of benzene rings is 1. The summed E-state index contributed by atoms with van der Waals surface area (Å²) in [4.78, 5) is 0. The van der Waals surface area contributed by atoms with E-state index in [1.165, 1.54) is 41.0 Å². The number of aryl methyl sites for hydroxylation is 2. The molecule has 0 unspecified atom stereocenters. The lowest BCUT2D eigenvalue weighted by atomic mass is 9.95. The summed E-state index contributed by atoms with van der Waals surface area (Å²) in [5, 5.41) is 8.04. The molecule has 0 spiro atoms. The van der Waals surface area contributed by atoms with Gasteiger partial charge in [0.1, 0.15) is 0 Å². The van der Waals surface area contributed by atoms with Gasteiger partial charge in [-0.1, -0.05) is 19.1 Å². The first-order valence-corrected chi connectivity index (χ1v) is 7.14. The van der Waals surface area contributed by atoms with Crippen molar-refractivity contribution < 1.29 is 0 Å². The molecule has 2 aromatic rings. The second-order valence-electron chi connectivity index (χ2n) is 5.25. The Kier molecular flexibility index (Phi) is 3.28. The average Bonchev–Trinajstić information content (AvgIpc) is 2.80. The Morgan fingerprint density at radius 3 is 3.05 bits per heavy atom. The summed E-state index contributed by atoms with van der Waals surface area (Å²) in [6.45, 7) is 3.25. The van der Waals surface area contributed by atoms with Crippen LogP contribution >= 0.6 is 0 Å². The van der Waals surface area contributed by atoms with E-state index in [4.69, 9.17) is 0 Å². The average molecular weight is 255 g/mol. The van der Waals surface area contributed by atoms with Crippen LogP contribution < -0.4 is 5.32 Å². The van der Waals surface area contributed by atoms with Crippen LogP contribution in [0, 0.1) is 0 Å². The predicted molar refractivity (Wildman–Crippen MR) is 78.6 cm³/mol. The number of nitrogens with zero attached hydrogens (tertiary/aromatic N) is 2. The number of aromatic nitrogens is 2. The minimum atomic E-state index is 0.981. The Hall–Kier alpha value is -1.77. The predicted octanol–water partition coefficient (Wildman–Crippen LogP) is 2.93. The van der Waals surface area contributed by atoms with E-state index in [1.807, 2.05) is 11.7 Å². The SMILES string of the molecule is CCc1cc(Cc2cccc3c2CCCN3)n(C)n1. The molecule has 2 heterocycles. The topological polar surface area (TPSA) is 29.9 Å². The van der Waals surface area contributed by atoms with Crippen molar-refractivity contribution in [2.45, 2.75) is 32.6 Å². The van der Waals surface area contributed by atoms with Crippen molar-refractivity contribution in [1.82, 2.24) is 9.78 Å². The molecule has 100 valence electrons. The lowest BCUT2D eigenvalue weighted by Gasteiger charge is -2.21. The zero-order valence-electron chi connectivity index (χ0n) is 11.7. The van der Waals surface area contributed by atoms with Gasteiger partial charge < -0.3 is 5.32 Å². The highest BCUT2D eigenvalue weighted by Crippen LogP contribution is 2.27. The van der Waals surface area contributed by atoms with Crippen molar-refractivity contribution in [3.63, 3.8) is 0 Å². The van der Waals surface area contributed by atoms with Crippen LogP contribution in [0.5, 0.6) is 0 Å². The molecule has 0 bridgehead atoms. The first-order valence-electron chi connectivity index (χ1n) is 7.14. The summed E-state index contributed by atoms with van der Waals surface area (Å²) in [6, 6.07) is 8.84. The summed E-state index contributed by atoms with van der Waals surface area (Å²) in [5.41, 5.74) is 6.74. The molecule has 19 heavy (non-hydrogen) atoms. The quantitative estimate of drug-likeness (QED) is 0.914. The summed E-state index contributed by atoms with van der Waals surface area (Å²) in [7, 11) is 2.04. The second kappa shape index (κ2) is 5.08. The molecule has 3 heteroatoms. The van der Waals surface area contributed by atoms with Crippen molar-refractivity contribution in [2.24, 2.45) is 7.05 Å². The minimum Gasteiger partial charge on any atom is -0.385 e. The third-order valence-electron chi connectivity index (χ3n) is 3.95. The van der Waals surface area contributed by atoms with Crippen LogP contribution in [0.4, 0.5) is 5.69 Å². The number of fused-ring (bicyclic) bond motifs is 1. The second-order valence-corrected chi connectivity index (χ2v) is 5.25. The Balaban J connectivity index is 1.92. The van der Waals surface area contributed by atoms with Crippen LogP contribution in [0.25, 0.3) is 0 Å². The maximum absolute atomic E-state index is 4.54. The Morgan fingerprint density at radius 2 is 2.26 bits per heavy atom. The number of rotatable bonds is 3. The summed E-state index contributed by atoms with van der Waals surface area (Å²) >= 11 is 0. The Labute approximate surface area is 114 Å². The van der Waals surface area contributed by atoms with Crippen molar-refractivity contribution in [3.8, 4) is 0 Å². The van der Waals surface area contributed by atoms with E-state index in [2.05, 4.69) is 41.6 Å². The van der Waals surface area contributed by atoms with Crippen molar-refractivity contribution >= 4 is 5.69 Å². The minimum absolute atomic E-state index is 0.981. The van der Waals surface area contributed by atoms with Gasteiger partial charge in [0, 0.05) is 31.4 Å². The number of anilines is 1. The van der Waals surface area contributed by atoms with E-state index < -0.39 is 0 Å². The highest BCUT2D eigenvalue weighted by molar-refractivity contribution is 5.57. The lowest BCUT2D eigenvalue weighted by Crippen LogP contribution is -2.14. The highest BCUT2D eigenvalue weighted by Gasteiger charge is 2.14. The zero-order valence-corrected chi connectivity index (χ0v) is 11.7. The number of hydrogen-bond donors (Lipinski definition) is 1. The van der Waals surface area contributed by atoms with Gasteiger partial charge >= 0.3 is 0 Å². The van der Waals surface area contributed by atoms with Crippen LogP contribution in [-0.2, 0) is 26.3 Å². The molecule has 0 saturated heterocycles. The molecule has 1 aliphatic rings. The molecule has 0 fully saturated rings. The fourth-order valence-electron chi connectivity index (χ4n) is 2.85. The Morgan fingerprint density at radius 1 is 1.37 bits per heavy atom. The molecule has 1 aromatic heterocycles. The van der Waals surface area contributed by atoms with Gasteiger partial charge in [-0.25, -0.2) is 0 Å². The van der Waals surface area contributed by atoms with E-state index >= 15 is 0 Å². The smallest absolute Gasteiger partial charge is 0.0624 e. The largest absolute Gasteiger partial charge is 0.385 e. The summed E-state index contributed by atoms with van der Waals surface area (Å²) in [6.07, 6.45) is 4.41. The number of nitrogens with one attached hydrogen (secondary N) is 1. The molecule has 3 nitrogen and oxygen atoms in total. The van der Waals surface area contributed by atoms with E-state index in [1.54, 1.807) is 0 Å². The fourth-order valence-corrected chi connectivity index (χ4v) is 2.85. The summed E-state index contributed by atoms with van der Waals surface area (Å²) in [5.74, 6) is 0. The molecule has 0 atom stereocenters. The molecule has 1 aliphatic heterocycles. The first-order chi connectivity index (χ1) is 9.28. The standard InChI is InChI=1S/C16H21N3/c1-3-13-11-14(19(2)18-13)10-12-6-4-8-16-15(12)7-5-9-17-16/h4,6,8,11,17H,3,5,7,9-10H2,1-2H3. The maximum Gasteiger partial charge on any atom is 0.0624 e. The molecule has 0 saturated carbocycles. The molecule has 3 rings (SSSR count). The fraction of sp³-hybridized carbons (Fsp3) is 0.438. The summed E-state index contributed by atoms with van der Waals surface area (Å²) < 4.78 is 2.02. The Bertz CT molecular complexity index is 584. The van der Waals surface area contributed by atoms with Gasteiger partial charge in [0.25, 0.3) is 0 Å². The van der Waals surface area contributed by atoms with Gasteiger partial charge in [0.2, 0.25) is 0 Å². The van der Waals surface area contributed by atoms with E-state index in [0.717, 1.165) is 19.4 Å². The van der Waals surface area contributed by atoms with Crippen LogP contribution in [0.3, 0.4) is 0 Å². The molecule has 1 N–H and O–H groups in total. The molecule has 1 aromatic carbocycles. The van der Waals surface area contributed by atoms with Gasteiger partial charge in [-0.2, -0.15) is 5.10 Å². The van der Waals surface area contributed by atoms with Gasteiger partial charge in [-0.05, 0) is 42.5 Å². The molecule has 0 aliphatic carbocycles. The molecular formula is C16H21N3. The van der Waals surface area contributed by atoms with E-state index in [9.17, 15) is 0 Å². The zero-order chi connectivity index (χ0) is 13.2. The van der Waals surface area contributed by atoms with Gasteiger partial charge in [0.15, 0.2) is 0 Å². The third kappa shape index (κ3) is 2.37. The normalized spacial score (nSPS) is 14.0. The van der Waals surface area contributed by atoms with Gasteiger partial charge in [-0.3, -0.25) is 4.68 Å². The monoisotopic (exact) mass is 255 g/mol. The van der Waals surface area contributed by atoms with Crippen molar-refractivity contribution in [1.29, 1.82) is 0 Å². The highest BCUT2D eigenvalue weighted by atomic mass is 15.3. The molecular weight excluding hydrogens is 234 g/mol. The van der Waals surface area contributed by atoms with Crippen LogP contribution in [-0.4, -0.2) is 16.3 Å². The lowest BCUT2D eigenvalue weighted by molar-refractivity contribution is 0.707. The molecule has 0 amide bonds. The number of hydrogen-bond acceptors (Lipinski definition) is 2. The van der Waals surface area contributed by atoms with Crippen molar-refractivity contribution in [3.05, 3.63) is 46.8 Å². The van der Waals surface area contributed by atoms with Crippen LogP contribution in [0.1, 0.15) is 35.9 Å². The van der Waals surface area contributed by atoms with Gasteiger partial charge in [-0.15, -0.1) is 0 Å². The van der Waals surface area contributed by atoms with Crippen LogP contribution in [0.2, 0.25) is 0 Å².